The summed E-state index contributed by atoms with van der Waals surface area (Å²) in [5, 5.41) is 7.81. The number of hydrogen-bond donors (Lipinski definition) is 2. The lowest BCUT2D eigenvalue weighted by Gasteiger charge is -2.10. The number of furan rings is 1. The Morgan fingerprint density at radius 2 is 2.33 bits per heavy atom. The molecule has 3 rings (SSSR count). The summed E-state index contributed by atoms with van der Waals surface area (Å²) in [5.41, 5.74) is 1.52. The van der Waals surface area contributed by atoms with E-state index in [9.17, 15) is 4.79 Å². The Labute approximate surface area is 134 Å². The Kier molecular flexibility index (Phi) is 5.14. The first-order valence-corrected chi connectivity index (χ1v) is 7.23. The fourth-order valence-electron chi connectivity index (χ4n) is 2.64. The highest BCUT2D eigenvalue weighted by molar-refractivity contribution is 6.31. The zero-order chi connectivity index (χ0) is 14.1. The van der Waals surface area contributed by atoms with Gasteiger partial charge < -0.3 is 15.1 Å². The summed E-state index contributed by atoms with van der Waals surface area (Å²) in [6, 6.07) is 5.75. The molecular weight excluding hydrogens is 311 g/mol. The number of nitrogens with one attached hydrogen (secondary N) is 2. The molecule has 1 atom stereocenters. The van der Waals surface area contributed by atoms with E-state index < -0.39 is 0 Å². The molecule has 1 amide bonds. The van der Waals surface area contributed by atoms with Crippen LogP contribution in [0.5, 0.6) is 0 Å². The number of amides is 1. The van der Waals surface area contributed by atoms with Gasteiger partial charge in [-0.05, 0) is 44.5 Å². The maximum Gasteiger partial charge on any atom is 0.287 e. The summed E-state index contributed by atoms with van der Waals surface area (Å²) in [5.74, 6) is 0.212. The van der Waals surface area contributed by atoms with Crippen LogP contribution >= 0.6 is 24.0 Å². The second-order valence-corrected chi connectivity index (χ2v) is 5.64. The summed E-state index contributed by atoms with van der Waals surface area (Å²) in [6.07, 6.45) is 2.28. The van der Waals surface area contributed by atoms with Crippen molar-refractivity contribution < 1.29 is 9.21 Å². The summed E-state index contributed by atoms with van der Waals surface area (Å²) in [7, 11) is 0. The zero-order valence-electron chi connectivity index (χ0n) is 11.7. The van der Waals surface area contributed by atoms with Crippen molar-refractivity contribution in [3.63, 3.8) is 0 Å². The van der Waals surface area contributed by atoms with Gasteiger partial charge in [0.2, 0.25) is 0 Å². The lowest BCUT2D eigenvalue weighted by molar-refractivity contribution is 0.0924. The average Bonchev–Trinajstić information content (AvgIpc) is 3.05. The molecule has 0 aliphatic carbocycles. The van der Waals surface area contributed by atoms with E-state index in [4.69, 9.17) is 16.0 Å². The number of carbonyl (C=O) groups is 1. The van der Waals surface area contributed by atoms with Gasteiger partial charge in [-0.25, -0.2) is 0 Å². The molecule has 1 aromatic heterocycles. The van der Waals surface area contributed by atoms with E-state index in [0.717, 1.165) is 23.9 Å². The van der Waals surface area contributed by atoms with Crippen LogP contribution in [0, 0.1) is 6.92 Å². The van der Waals surface area contributed by atoms with Gasteiger partial charge in [-0.3, -0.25) is 4.79 Å². The van der Waals surface area contributed by atoms with Crippen LogP contribution in [0.2, 0.25) is 5.02 Å². The minimum absolute atomic E-state index is 0. The molecule has 6 heteroatoms. The van der Waals surface area contributed by atoms with E-state index in [1.807, 2.05) is 13.0 Å². The van der Waals surface area contributed by atoms with Crippen molar-refractivity contribution in [3.05, 3.63) is 34.5 Å². The van der Waals surface area contributed by atoms with Crippen LogP contribution in [0.1, 0.15) is 29.0 Å². The Morgan fingerprint density at radius 1 is 1.52 bits per heavy atom. The lowest BCUT2D eigenvalue weighted by Crippen LogP contribution is -2.37. The Morgan fingerprint density at radius 3 is 3.05 bits per heavy atom. The van der Waals surface area contributed by atoms with Crippen LogP contribution in [-0.4, -0.2) is 25.0 Å². The molecule has 114 valence electrons. The lowest BCUT2D eigenvalue weighted by atomic mass is 10.1. The van der Waals surface area contributed by atoms with Crippen LogP contribution in [0.25, 0.3) is 11.0 Å². The molecule has 1 aliphatic rings. The molecular formula is C15H18Cl2N2O2. The second-order valence-electron chi connectivity index (χ2n) is 5.20. The summed E-state index contributed by atoms with van der Waals surface area (Å²) >= 11 is 5.98. The average molecular weight is 329 g/mol. The fourth-order valence-corrected chi connectivity index (χ4v) is 2.81. The molecule has 1 aromatic carbocycles. The monoisotopic (exact) mass is 328 g/mol. The highest BCUT2D eigenvalue weighted by Gasteiger charge is 2.20. The second kappa shape index (κ2) is 6.69. The van der Waals surface area contributed by atoms with Gasteiger partial charge in [0.15, 0.2) is 5.76 Å². The van der Waals surface area contributed by atoms with Crippen LogP contribution in [0.4, 0.5) is 0 Å². The van der Waals surface area contributed by atoms with E-state index in [1.54, 1.807) is 12.1 Å². The SMILES string of the molecule is Cc1c(C(=O)NCC2CCCN2)oc2ccc(Cl)cc12.Cl. The molecule has 21 heavy (non-hydrogen) atoms. The highest BCUT2D eigenvalue weighted by Crippen LogP contribution is 2.27. The third kappa shape index (κ3) is 3.34. The van der Waals surface area contributed by atoms with Gasteiger partial charge in [-0.1, -0.05) is 11.6 Å². The molecule has 1 aliphatic heterocycles. The standard InChI is InChI=1S/C15H17ClN2O2.ClH/c1-9-12-7-10(16)4-5-13(12)20-14(9)15(19)18-8-11-3-2-6-17-11;/h4-5,7,11,17H,2-3,6,8H2,1H3,(H,18,19);1H. The predicted molar refractivity (Wildman–Crippen MR) is 86.6 cm³/mol. The minimum atomic E-state index is -0.163. The number of benzene rings is 1. The van der Waals surface area contributed by atoms with E-state index in [1.165, 1.54) is 6.42 Å². The summed E-state index contributed by atoms with van der Waals surface area (Å²) < 4.78 is 5.64. The van der Waals surface area contributed by atoms with E-state index >= 15 is 0 Å². The van der Waals surface area contributed by atoms with Crippen molar-refractivity contribution in [1.29, 1.82) is 0 Å². The van der Waals surface area contributed by atoms with Crippen LogP contribution < -0.4 is 10.6 Å². The molecule has 4 nitrogen and oxygen atoms in total. The first-order valence-electron chi connectivity index (χ1n) is 6.85. The van der Waals surface area contributed by atoms with Crippen LogP contribution in [-0.2, 0) is 0 Å². The molecule has 0 spiro atoms. The summed E-state index contributed by atoms with van der Waals surface area (Å²) in [6.45, 7) is 3.55. The first-order chi connectivity index (χ1) is 9.65. The molecule has 1 unspecified atom stereocenters. The van der Waals surface area contributed by atoms with Crippen LogP contribution in [0.3, 0.4) is 0 Å². The highest BCUT2D eigenvalue weighted by atomic mass is 35.5. The molecule has 1 saturated heterocycles. The van der Waals surface area contributed by atoms with Gasteiger partial charge in [-0.15, -0.1) is 12.4 Å². The number of rotatable bonds is 3. The third-order valence-corrected chi connectivity index (χ3v) is 4.01. The molecule has 1 fully saturated rings. The smallest absolute Gasteiger partial charge is 0.287 e. The molecule has 2 heterocycles. The largest absolute Gasteiger partial charge is 0.451 e. The van der Waals surface area contributed by atoms with Gasteiger partial charge in [0.25, 0.3) is 5.91 Å². The maximum absolute atomic E-state index is 12.2. The van der Waals surface area contributed by atoms with Crippen molar-refractivity contribution in [2.75, 3.05) is 13.1 Å². The molecule has 0 radical (unpaired) electrons. The number of carbonyl (C=O) groups excluding carboxylic acids is 1. The van der Waals surface area contributed by atoms with Gasteiger partial charge >= 0.3 is 0 Å². The van der Waals surface area contributed by atoms with Gasteiger partial charge in [-0.2, -0.15) is 0 Å². The van der Waals surface area contributed by atoms with E-state index in [2.05, 4.69) is 10.6 Å². The summed E-state index contributed by atoms with van der Waals surface area (Å²) in [4.78, 5) is 12.2. The van der Waals surface area contributed by atoms with Gasteiger partial charge in [0.1, 0.15) is 5.58 Å². The molecule has 2 aromatic rings. The molecule has 0 saturated carbocycles. The first kappa shape index (κ1) is 16.1. The van der Waals surface area contributed by atoms with Crippen molar-refractivity contribution in [1.82, 2.24) is 10.6 Å². The topological polar surface area (TPSA) is 54.3 Å². The number of halogens is 2. The van der Waals surface area contributed by atoms with E-state index in [0.29, 0.717) is 29.0 Å². The number of hydrogen-bond acceptors (Lipinski definition) is 3. The quantitative estimate of drug-likeness (QED) is 0.908. The molecule has 2 N–H and O–H groups in total. The number of aryl methyl sites for hydroxylation is 1. The normalized spacial score (nSPS) is 17.7. The third-order valence-electron chi connectivity index (χ3n) is 3.78. The minimum Gasteiger partial charge on any atom is -0.451 e. The predicted octanol–water partition coefficient (Wildman–Crippen LogP) is 3.30. The van der Waals surface area contributed by atoms with Gasteiger partial charge in [0.05, 0.1) is 0 Å². The Bertz CT molecular complexity index is 648. The molecule has 0 bridgehead atoms. The van der Waals surface area contributed by atoms with Crippen molar-refractivity contribution in [2.45, 2.75) is 25.8 Å². The Hall–Kier alpha value is -1.23. The number of fused-ring (bicyclic) bond motifs is 1. The van der Waals surface area contributed by atoms with Gasteiger partial charge in [0, 0.05) is 28.6 Å². The van der Waals surface area contributed by atoms with Crippen molar-refractivity contribution >= 4 is 40.9 Å². The maximum atomic E-state index is 12.2. The van der Waals surface area contributed by atoms with Crippen molar-refractivity contribution in [3.8, 4) is 0 Å². The Balaban J connectivity index is 0.00000161. The fraction of sp³-hybridized carbons (Fsp3) is 0.400. The zero-order valence-corrected chi connectivity index (χ0v) is 13.3. The van der Waals surface area contributed by atoms with Crippen LogP contribution in [0.15, 0.2) is 22.6 Å². The van der Waals surface area contributed by atoms with E-state index in [-0.39, 0.29) is 18.3 Å². The van der Waals surface area contributed by atoms with Crippen molar-refractivity contribution in [2.24, 2.45) is 0 Å².